The maximum atomic E-state index is 14.6. The summed E-state index contributed by atoms with van der Waals surface area (Å²) in [4.78, 5) is 32.4. The third-order valence-corrected chi connectivity index (χ3v) is 10.7. The van der Waals surface area contributed by atoms with Gasteiger partial charge in [0.2, 0.25) is 11.8 Å². The van der Waals surface area contributed by atoms with Crippen LogP contribution in [0.4, 0.5) is 11.6 Å². The zero-order valence-corrected chi connectivity index (χ0v) is 30.3. The molecule has 2 aromatic carbocycles. The van der Waals surface area contributed by atoms with Crippen LogP contribution in [0.3, 0.4) is 0 Å². The summed E-state index contributed by atoms with van der Waals surface area (Å²) in [5.41, 5.74) is 5.38. The van der Waals surface area contributed by atoms with Gasteiger partial charge in [0.1, 0.15) is 6.61 Å². The van der Waals surface area contributed by atoms with Crippen LogP contribution >= 0.6 is 0 Å². The number of nitrogens with one attached hydrogen (secondary N) is 1. The molecule has 0 saturated carbocycles. The number of aryl methyl sites for hydroxylation is 2. The van der Waals surface area contributed by atoms with E-state index in [4.69, 9.17) is 4.74 Å². The minimum atomic E-state index is -4.16. The van der Waals surface area contributed by atoms with Crippen molar-refractivity contribution in [1.82, 2.24) is 19.9 Å². The second kappa shape index (κ2) is 13.1. The summed E-state index contributed by atoms with van der Waals surface area (Å²) in [5, 5.41) is 0. The molecule has 0 unspecified atom stereocenters. The van der Waals surface area contributed by atoms with Gasteiger partial charge in [-0.2, -0.15) is 4.98 Å². The first-order valence-electron chi connectivity index (χ1n) is 16.8. The highest BCUT2D eigenvalue weighted by molar-refractivity contribution is 7.92. The fraction of sp³-hybridized carbons (Fsp3) is 0.421. The molecule has 1 amide bonds. The molecule has 11 heteroatoms. The molecule has 6 rings (SSSR count). The third kappa shape index (κ3) is 7.56. The van der Waals surface area contributed by atoms with Gasteiger partial charge in [0.25, 0.3) is 15.9 Å². The molecule has 4 heterocycles. The topological polar surface area (TPSA) is 118 Å². The van der Waals surface area contributed by atoms with Crippen molar-refractivity contribution in [3.8, 4) is 17.1 Å². The number of hydrogen-bond donors (Lipinski definition) is 1. The van der Waals surface area contributed by atoms with E-state index in [0.717, 1.165) is 47.3 Å². The zero-order valence-electron chi connectivity index (χ0n) is 29.4. The minimum Gasteiger partial charge on any atom is -0.475 e. The van der Waals surface area contributed by atoms with Crippen molar-refractivity contribution in [2.45, 2.75) is 90.7 Å². The van der Waals surface area contributed by atoms with Crippen molar-refractivity contribution in [2.75, 3.05) is 22.8 Å². The number of fused-ring (bicyclic) bond motifs is 4. The van der Waals surface area contributed by atoms with Gasteiger partial charge in [0.15, 0.2) is 0 Å². The van der Waals surface area contributed by atoms with Gasteiger partial charge < -0.3 is 14.5 Å². The van der Waals surface area contributed by atoms with Gasteiger partial charge in [-0.25, -0.2) is 18.1 Å². The molecule has 258 valence electrons. The lowest BCUT2D eigenvalue weighted by Gasteiger charge is -2.36. The number of anilines is 2. The van der Waals surface area contributed by atoms with Crippen LogP contribution in [0, 0.1) is 19.3 Å². The van der Waals surface area contributed by atoms with Crippen LogP contribution in [0.15, 0.2) is 71.9 Å². The molecule has 10 nitrogen and oxygen atoms in total. The summed E-state index contributed by atoms with van der Waals surface area (Å²) in [6.45, 7) is 16.2. The number of benzene rings is 2. The summed E-state index contributed by atoms with van der Waals surface area (Å²) < 4.78 is 36.4. The number of hydrogen-bond acceptors (Lipinski definition) is 8. The number of aromatic nitrogens is 3. The smallest absolute Gasteiger partial charge is 0.264 e. The first-order valence-corrected chi connectivity index (χ1v) is 18.3. The van der Waals surface area contributed by atoms with E-state index in [1.807, 2.05) is 38.2 Å². The van der Waals surface area contributed by atoms with Crippen molar-refractivity contribution in [1.29, 1.82) is 0 Å². The Bertz CT molecular complexity index is 1970. The van der Waals surface area contributed by atoms with E-state index in [-0.39, 0.29) is 52.3 Å². The number of carbonyl (C=O) groups is 1. The van der Waals surface area contributed by atoms with Crippen LogP contribution in [-0.4, -0.2) is 58.9 Å². The highest BCUT2D eigenvalue weighted by atomic mass is 32.2. The van der Waals surface area contributed by atoms with E-state index in [1.54, 1.807) is 29.3 Å². The predicted octanol–water partition coefficient (Wildman–Crippen LogP) is 7.17. The minimum absolute atomic E-state index is 0.0106. The van der Waals surface area contributed by atoms with Crippen molar-refractivity contribution in [2.24, 2.45) is 5.41 Å². The summed E-state index contributed by atoms with van der Waals surface area (Å²) in [6.07, 6.45) is 6.50. The van der Waals surface area contributed by atoms with E-state index in [9.17, 15) is 13.2 Å². The van der Waals surface area contributed by atoms with Crippen molar-refractivity contribution < 1.29 is 17.9 Å². The lowest BCUT2D eigenvalue weighted by molar-refractivity contribution is 0.0513. The quantitative estimate of drug-likeness (QED) is 0.235. The zero-order chi connectivity index (χ0) is 35.1. The second-order valence-electron chi connectivity index (χ2n) is 15.1. The number of nitrogens with zero attached hydrogens (tertiary/aromatic N) is 5. The number of amides is 1. The average Bonchev–Trinajstić information content (AvgIpc) is 3.39. The van der Waals surface area contributed by atoms with E-state index in [1.165, 1.54) is 12.1 Å². The van der Waals surface area contributed by atoms with Gasteiger partial charge in [-0.15, -0.1) is 0 Å². The van der Waals surface area contributed by atoms with Crippen LogP contribution < -0.4 is 14.4 Å². The Balaban J connectivity index is 1.47. The van der Waals surface area contributed by atoms with Gasteiger partial charge in [0, 0.05) is 42.0 Å². The Morgan fingerprint density at radius 2 is 1.73 bits per heavy atom. The molecule has 1 fully saturated rings. The Hall–Kier alpha value is -4.51. The maximum Gasteiger partial charge on any atom is 0.264 e. The van der Waals surface area contributed by atoms with Crippen LogP contribution in [0.1, 0.15) is 80.9 Å². The van der Waals surface area contributed by atoms with Gasteiger partial charge in [-0.05, 0) is 93.3 Å². The number of carbonyl (C=O) groups excluding carboxylic acids is 1. The molecule has 2 aromatic heterocycles. The molecule has 49 heavy (non-hydrogen) atoms. The second-order valence-corrected chi connectivity index (χ2v) is 16.8. The van der Waals surface area contributed by atoms with Crippen LogP contribution in [0.25, 0.3) is 11.3 Å². The van der Waals surface area contributed by atoms with E-state index in [0.29, 0.717) is 12.1 Å². The first kappa shape index (κ1) is 34.4. The number of ether oxygens (including phenoxy) is 1. The fourth-order valence-corrected chi connectivity index (χ4v) is 8.03. The molecule has 2 aliphatic rings. The fourth-order valence-electron chi connectivity index (χ4n) is 7.04. The van der Waals surface area contributed by atoms with Crippen molar-refractivity contribution >= 4 is 27.6 Å². The average molecular weight is 683 g/mol. The molecule has 1 saturated heterocycles. The van der Waals surface area contributed by atoms with Crippen LogP contribution in [0.5, 0.6) is 5.88 Å². The van der Waals surface area contributed by atoms with Crippen molar-refractivity contribution in [3.63, 3.8) is 0 Å². The summed E-state index contributed by atoms with van der Waals surface area (Å²) in [7, 11) is -4.16. The Morgan fingerprint density at radius 1 is 1.00 bits per heavy atom. The molecular formula is C38H46N6O4S. The lowest BCUT2D eigenvalue weighted by atomic mass is 9.87. The largest absolute Gasteiger partial charge is 0.475 e. The van der Waals surface area contributed by atoms with E-state index >= 15 is 0 Å². The molecule has 0 spiro atoms. The Labute approximate surface area is 290 Å². The molecular weight excluding hydrogens is 637 g/mol. The Kier molecular flexibility index (Phi) is 9.17. The standard InChI is InChI=1S/C38H46N6O4S/c1-25-11-8-12-26(2)34(25)32-19-33-41-36(40-32)42-49(46,47)31-14-9-13-28(18-31)35(45)43(30(24-48-33)20-37(3,4)5)23-27-17-29(22-39-21-27)44-16-10-15-38(44,6)7/h8-9,11-14,17-19,21-22,30H,10,15-16,20,23-24H2,1-7H3,(H,40,41,42)/t30-/m1/s1. The van der Waals surface area contributed by atoms with Gasteiger partial charge in [-0.3, -0.25) is 9.78 Å². The highest BCUT2D eigenvalue weighted by Crippen LogP contribution is 2.35. The van der Waals surface area contributed by atoms with E-state index in [2.05, 4.69) is 65.3 Å². The summed E-state index contributed by atoms with van der Waals surface area (Å²) >= 11 is 0. The van der Waals surface area contributed by atoms with Crippen molar-refractivity contribution in [3.05, 3.63) is 89.2 Å². The van der Waals surface area contributed by atoms with Crippen LogP contribution in [-0.2, 0) is 16.6 Å². The van der Waals surface area contributed by atoms with Gasteiger partial charge in [-0.1, -0.05) is 45.0 Å². The summed E-state index contributed by atoms with van der Waals surface area (Å²) in [6, 6.07) is 15.5. The summed E-state index contributed by atoms with van der Waals surface area (Å²) in [5.74, 6) is -0.194. The van der Waals surface area contributed by atoms with Gasteiger partial charge in [0.05, 0.1) is 28.5 Å². The molecule has 4 bridgehead atoms. The maximum absolute atomic E-state index is 14.6. The van der Waals surface area contributed by atoms with E-state index < -0.39 is 16.1 Å². The molecule has 1 N–H and O–H groups in total. The molecule has 0 aliphatic carbocycles. The van der Waals surface area contributed by atoms with Crippen LogP contribution in [0.2, 0.25) is 0 Å². The molecule has 2 aliphatic heterocycles. The predicted molar refractivity (Wildman–Crippen MR) is 192 cm³/mol. The molecule has 1 atom stereocenters. The normalized spacial score (nSPS) is 18.9. The number of rotatable bonds is 5. The number of sulfonamides is 1. The Morgan fingerprint density at radius 3 is 2.43 bits per heavy atom. The highest BCUT2D eigenvalue weighted by Gasteiger charge is 2.34. The third-order valence-electron chi connectivity index (χ3n) is 9.38. The molecule has 0 radical (unpaired) electrons. The monoisotopic (exact) mass is 682 g/mol. The van der Waals surface area contributed by atoms with Gasteiger partial charge >= 0.3 is 0 Å². The first-order chi connectivity index (χ1) is 23.1. The number of pyridine rings is 1. The lowest BCUT2D eigenvalue weighted by Crippen LogP contribution is -2.45. The molecule has 4 aromatic rings. The SMILES string of the molecule is Cc1cccc(C)c1-c1cc2nc(n1)NS(=O)(=O)c1cccc(c1)C(=O)N(Cc1cncc(N3CCCC3(C)C)c1)[C@H](CC(C)(C)C)CO2.